The highest BCUT2D eigenvalue weighted by Crippen LogP contribution is 2.23. The number of hydrogen-bond donors (Lipinski definition) is 1. The summed E-state index contributed by atoms with van der Waals surface area (Å²) in [6.45, 7) is 9.45. The van der Waals surface area contributed by atoms with Crippen molar-refractivity contribution in [3.8, 4) is 0 Å². The topological polar surface area (TPSA) is 99.1 Å². The first-order valence-corrected chi connectivity index (χ1v) is 9.75. The third-order valence-corrected chi connectivity index (χ3v) is 5.05. The van der Waals surface area contributed by atoms with Crippen LogP contribution in [0.1, 0.15) is 33.6 Å². The van der Waals surface area contributed by atoms with Gasteiger partial charge in [-0.05, 0) is 33.6 Å². The first kappa shape index (κ1) is 20.2. The molecule has 0 atom stereocenters. The molecule has 1 amide bonds. The third kappa shape index (κ3) is 5.02. The van der Waals surface area contributed by atoms with Crippen LogP contribution >= 0.6 is 0 Å². The van der Waals surface area contributed by atoms with Crippen LogP contribution < -0.4 is 9.80 Å². The van der Waals surface area contributed by atoms with E-state index < -0.39 is 11.6 Å². The summed E-state index contributed by atoms with van der Waals surface area (Å²) in [5.41, 5.74) is 0.423. The normalized spacial score (nSPS) is 18.9. The zero-order chi connectivity index (χ0) is 20.3. The number of carboxylic acids is 1. The number of nitrogens with zero attached hydrogens (tertiary/aromatic N) is 5. The summed E-state index contributed by atoms with van der Waals surface area (Å²) < 4.78 is 5.42. The first-order chi connectivity index (χ1) is 13.2. The number of amides is 1. The molecule has 0 aromatic carbocycles. The van der Waals surface area contributed by atoms with Gasteiger partial charge in [0.2, 0.25) is 5.95 Å². The van der Waals surface area contributed by atoms with Gasteiger partial charge < -0.3 is 24.5 Å². The van der Waals surface area contributed by atoms with E-state index in [1.807, 2.05) is 20.8 Å². The molecule has 2 saturated heterocycles. The van der Waals surface area contributed by atoms with Gasteiger partial charge in [-0.2, -0.15) is 0 Å². The molecule has 9 nitrogen and oxygen atoms in total. The molecule has 3 heterocycles. The van der Waals surface area contributed by atoms with Crippen LogP contribution in [-0.4, -0.2) is 76.9 Å². The van der Waals surface area contributed by atoms with Crippen LogP contribution in [0.25, 0.3) is 0 Å². The van der Waals surface area contributed by atoms with Crippen LogP contribution in [0, 0.1) is 5.92 Å². The average molecular weight is 391 g/mol. The van der Waals surface area contributed by atoms with Gasteiger partial charge in [0.05, 0.1) is 24.0 Å². The maximum absolute atomic E-state index is 12.2. The number of piperidine rings is 1. The van der Waals surface area contributed by atoms with Crippen molar-refractivity contribution < 1.29 is 19.4 Å². The fraction of sp³-hybridized carbons (Fsp3) is 0.684. The lowest BCUT2D eigenvalue weighted by atomic mass is 9.97. The standard InChI is InChI=1S/C19H29N5O4/c1-19(2,3)28-18(27)24-10-8-23(9-11-24)17-20-12-15(13-21-17)22-6-4-14(5-7-22)16(25)26/h12-14H,4-11H2,1-3H3,(H,25,26). The highest BCUT2D eigenvalue weighted by Gasteiger charge is 2.27. The van der Waals surface area contributed by atoms with E-state index in [1.54, 1.807) is 17.3 Å². The largest absolute Gasteiger partial charge is 0.481 e. The number of piperazine rings is 1. The summed E-state index contributed by atoms with van der Waals surface area (Å²) in [7, 11) is 0. The summed E-state index contributed by atoms with van der Waals surface area (Å²) in [5.74, 6) is -0.317. The second-order valence-corrected chi connectivity index (χ2v) is 8.30. The Morgan fingerprint density at radius 3 is 2.07 bits per heavy atom. The second-order valence-electron chi connectivity index (χ2n) is 8.30. The van der Waals surface area contributed by atoms with E-state index in [0.29, 0.717) is 58.1 Å². The highest BCUT2D eigenvalue weighted by atomic mass is 16.6. The maximum Gasteiger partial charge on any atom is 0.410 e. The minimum Gasteiger partial charge on any atom is -0.481 e. The van der Waals surface area contributed by atoms with Gasteiger partial charge in [-0.3, -0.25) is 4.79 Å². The molecular weight excluding hydrogens is 362 g/mol. The fourth-order valence-electron chi connectivity index (χ4n) is 3.44. The Balaban J connectivity index is 1.51. The van der Waals surface area contributed by atoms with Gasteiger partial charge >= 0.3 is 12.1 Å². The Kier molecular flexibility index (Phi) is 5.90. The van der Waals surface area contributed by atoms with E-state index in [9.17, 15) is 9.59 Å². The number of hydrogen-bond acceptors (Lipinski definition) is 7. The van der Waals surface area contributed by atoms with Gasteiger partial charge in [0.1, 0.15) is 5.60 Å². The van der Waals surface area contributed by atoms with Gasteiger partial charge in [-0.15, -0.1) is 0 Å². The number of carbonyl (C=O) groups excluding carboxylic acids is 1. The zero-order valence-corrected chi connectivity index (χ0v) is 16.8. The smallest absolute Gasteiger partial charge is 0.410 e. The van der Waals surface area contributed by atoms with Gasteiger partial charge in [0, 0.05) is 39.3 Å². The molecular formula is C19H29N5O4. The van der Waals surface area contributed by atoms with Gasteiger partial charge in [0.25, 0.3) is 0 Å². The van der Waals surface area contributed by atoms with E-state index in [0.717, 1.165) is 5.69 Å². The molecule has 0 spiro atoms. The first-order valence-electron chi connectivity index (χ1n) is 9.75. The molecule has 0 radical (unpaired) electrons. The van der Waals surface area contributed by atoms with Crippen molar-refractivity contribution >= 4 is 23.7 Å². The SMILES string of the molecule is CC(C)(C)OC(=O)N1CCN(c2ncc(N3CCC(C(=O)O)CC3)cn2)CC1. The van der Waals surface area contributed by atoms with Crippen molar-refractivity contribution in [2.24, 2.45) is 5.92 Å². The second kappa shape index (κ2) is 8.20. The Morgan fingerprint density at radius 2 is 1.57 bits per heavy atom. The Bertz CT molecular complexity index is 687. The van der Waals surface area contributed by atoms with Crippen molar-refractivity contribution in [3.05, 3.63) is 12.4 Å². The molecule has 2 fully saturated rings. The number of aliphatic carboxylic acids is 1. The highest BCUT2D eigenvalue weighted by molar-refractivity contribution is 5.70. The molecule has 2 aliphatic heterocycles. The summed E-state index contributed by atoms with van der Waals surface area (Å²) in [4.78, 5) is 38.1. The predicted octanol–water partition coefficient (Wildman–Crippen LogP) is 1.83. The summed E-state index contributed by atoms with van der Waals surface area (Å²) in [6.07, 6.45) is 4.59. The maximum atomic E-state index is 12.2. The van der Waals surface area contributed by atoms with Crippen molar-refractivity contribution in [3.63, 3.8) is 0 Å². The number of carboxylic acid groups (broad SMARTS) is 1. The van der Waals surface area contributed by atoms with Crippen molar-refractivity contribution in [1.29, 1.82) is 0 Å². The zero-order valence-electron chi connectivity index (χ0n) is 16.8. The number of aromatic nitrogens is 2. The van der Waals surface area contributed by atoms with E-state index in [1.165, 1.54) is 0 Å². The number of carbonyl (C=O) groups is 2. The average Bonchev–Trinajstić information content (AvgIpc) is 2.67. The number of rotatable bonds is 3. The molecule has 28 heavy (non-hydrogen) atoms. The minimum absolute atomic E-state index is 0.252. The Morgan fingerprint density at radius 1 is 1.00 bits per heavy atom. The van der Waals surface area contributed by atoms with Crippen LogP contribution in [0.2, 0.25) is 0 Å². The lowest BCUT2D eigenvalue weighted by Crippen LogP contribution is -2.50. The molecule has 1 aromatic rings. The van der Waals surface area contributed by atoms with E-state index in [2.05, 4.69) is 19.8 Å². The van der Waals surface area contributed by atoms with E-state index >= 15 is 0 Å². The van der Waals surface area contributed by atoms with Crippen LogP contribution in [0.3, 0.4) is 0 Å². The summed E-state index contributed by atoms with van der Waals surface area (Å²) in [5, 5.41) is 9.10. The molecule has 3 rings (SSSR count). The summed E-state index contributed by atoms with van der Waals surface area (Å²) in [6, 6.07) is 0. The van der Waals surface area contributed by atoms with Crippen molar-refractivity contribution in [1.82, 2.24) is 14.9 Å². The van der Waals surface area contributed by atoms with Gasteiger partial charge in [-0.25, -0.2) is 14.8 Å². The van der Waals surface area contributed by atoms with Gasteiger partial charge in [-0.1, -0.05) is 0 Å². The number of ether oxygens (including phenoxy) is 1. The molecule has 154 valence electrons. The van der Waals surface area contributed by atoms with Crippen LogP contribution in [0.4, 0.5) is 16.4 Å². The van der Waals surface area contributed by atoms with Crippen molar-refractivity contribution in [2.75, 3.05) is 49.1 Å². The Hall–Kier alpha value is -2.58. The van der Waals surface area contributed by atoms with E-state index in [4.69, 9.17) is 9.84 Å². The monoisotopic (exact) mass is 391 g/mol. The molecule has 0 saturated carbocycles. The fourth-order valence-corrected chi connectivity index (χ4v) is 3.44. The van der Waals surface area contributed by atoms with Crippen molar-refractivity contribution in [2.45, 2.75) is 39.2 Å². The Labute approximate surface area is 165 Å². The predicted molar refractivity (Wildman–Crippen MR) is 105 cm³/mol. The van der Waals surface area contributed by atoms with Crippen LogP contribution in [0.5, 0.6) is 0 Å². The van der Waals surface area contributed by atoms with E-state index in [-0.39, 0.29) is 12.0 Å². The minimum atomic E-state index is -0.711. The molecule has 9 heteroatoms. The molecule has 0 aliphatic carbocycles. The molecule has 0 unspecified atom stereocenters. The van der Waals surface area contributed by atoms with Gasteiger partial charge in [0.15, 0.2) is 0 Å². The third-order valence-electron chi connectivity index (χ3n) is 5.05. The quantitative estimate of drug-likeness (QED) is 0.833. The molecule has 2 aliphatic rings. The van der Waals surface area contributed by atoms with Crippen LogP contribution in [-0.2, 0) is 9.53 Å². The van der Waals surface area contributed by atoms with Crippen LogP contribution in [0.15, 0.2) is 12.4 Å². The lowest BCUT2D eigenvalue weighted by Gasteiger charge is -2.36. The molecule has 0 bridgehead atoms. The summed E-state index contributed by atoms with van der Waals surface area (Å²) >= 11 is 0. The molecule has 1 N–H and O–H groups in total. The lowest BCUT2D eigenvalue weighted by molar-refractivity contribution is -0.142. The molecule has 1 aromatic heterocycles. The number of anilines is 2.